The Morgan fingerprint density at radius 2 is 1.88 bits per heavy atom. The zero-order valence-electron chi connectivity index (χ0n) is 20.0. The van der Waals surface area contributed by atoms with Crippen LogP contribution in [0.1, 0.15) is 52.0 Å². The number of carbonyl (C=O) groups excluding carboxylic acids is 2. The summed E-state index contributed by atoms with van der Waals surface area (Å²) in [6.07, 6.45) is 0.838. The standard InChI is InChI=1S/C24H38FN3O4/c1-24(2,3)32-23(30)27(4)14-13-19(25)16-28(5)21-12-11-20(15-21)26-22(29)31-17-18-9-7-6-8-10-18/h6-10,19-21H,11-17H2,1-5H3,(H,26,29)/t19?,20-,21?/m0/s1. The summed E-state index contributed by atoms with van der Waals surface area (Å²) in [6.45, 7) is 6.24. The van der Waals surface area contributed by atoms with Crippen molar-refractivity contribution < 1.29 is 23.5 Å². The quantitative estimate of drug-likeness (QED) is 0.604. The van der Waals surface area contributed by atoms with Crippen LogP contribution in [0.5, 0.6) is 0 Å². The highest BCUT2D eigenvalue weighted by molar-refractivity contribution is 5.68. The maximum Gasteiger partial charge on any atom is 0.410 e. The molecular weight excluding hydrogens is 413 g/mol. The van der Waals surface area contributed by atoms with Gasteiger partial charge in [0.1, 0.15) is 18.4 Å². The largest absolute Gasteiger partial charge is 0.445 e. The molecule has 0 spiro atoms. The van der Waals surface area contributed by atoms with Gasteiger partial charge in [0.05, 0.1) is 0 Å². The normalized spacial score (nSPS) is 19.5. The van der Waals surface area contributed by atoms with E-state index in [-0.39, 0.29) is 31.7 Å². The van der Waals surface area contributed by atoms with Crippen LogP contribution >= 0.6 is 0 Å². The van der Waals surface area contributed by atoms with Gasteiger partial charge in [0.15, 0.2) is 0 Å². The fourth-order valence-corrected chi connectivity index (χ4v) is 3.74. The molecule has 0 aromatic heterocycles. The number of nitrogens with one attached hydrogen (secondary N) is 1. The van der Waals surface area contributed by atoms with Crippen LogP contribution in [0.4, 0.5) is 14.0 Å². The predicted molar refractivity (Wildman–Crippen MR) is 122 cm³/mol. The maximum atomic E-state index is 14.5. The van der Waals surface area contributed by atoms with Gasteiger partial charge in [-0.3, -0.25) is 0 Å². The Kier molecular flexibility index (Phi) is 9.75. The zero-order chi connectivity index (χ0) is 23.7. The highest BCUT2D eigenvalue weighted by Crippen LogP contribution is 2.24. The maximum absolute atomic E-state index is 14.5. The van der Waals surface area contributed by atoms with E-state index in [1.807, 2.05) is 42.3 Å². The molecule has 32 heavy (non-hydrogen) atoms. The van der Waals surface area contributed by atoms with E-state index in [2.05, 4.69) is 5.32 Å². The third-order valence-electron chi connectivity index (χ3n) is 5.53. The van der Waals surface area contributed by atoms with E-state index in [0.29, 0.717) is 6.54 Å². The Bertz CT molecular complexity index is 726. The molecule has 1 aliphatic carbocycles. The van der Waals surface area contributed by atoms with E-state index in [0.717, 1.165) is 24.8 Å². The van der Waals surface area contributed by atoms with Crippen LogP contribution in [0.25, 0.3) is 0 Å². The highest BCUT2D eigenvalue weighted by Gasteiger charge is 2.30. The second kappa shape index (κ2) is 12.0. The monoisotopic (exact) mass is 451 g/mol. The fourth-order valence-electron chi connectivity index (χ4n) is 3.74. The lowest BCUT2D eigenvalue weighted by Gasteiger charge is -2.27. The van der Waals surface area contributed by atoms with E-state index >= 15 is 0 Å². The molecule has 7 nitrogen and oxygen atoms in total. The Morgan fingerprint density at radius 3 is 2.53 bits per heavy atom. The van der Waals surface area contributed by atoms with Crippen LogP contribution in [0.3, 0.4) is 0 Å². The Hall–Kier alpha value is -2.35. The van der Waals surface area contributed by atoms with E-state index < -0.39 is 24.0 Å². The first-order chi connectivity index (χ1) is 15.0. The molecule has 1 aliphatic rings. The summed E-state index contributed by atoms with van der Waals surface area (Å²) in [5.74, 6) is 0. The van der Waals surface area contributed by atoms with E-state index in [4.69, 9.17) is 9.47 Å². The van der Waals surface area contributed by atoms with Gasteiger partial charge in [0, 0.05) is 32.2 Å². The van der Waals surface area contributed by atoms with Crippen molar-refractivity contribution in [3.8, 4) is 0 Å². The number of ether oxygens (including phenoxy) is 2. The van der Waals surface area contributed by atoms with Crippen LogP contribution in [0.2, 0.25) is 0 Å². The first kappa shape index (κ1) is 25.9. The molecule has 2 unspecified atom stereocenters. The third kappa shape index (κ3) is 9.42. The Balaban J connectivity index is 1.65. The number of halogens is 1. The van der Waals surface area contributed by atoms with Gasteiger partial charge in [-0.1, -0.05) is 30.3 Å². The molecule has 1 aromatic rings. The molecular formula is C24H38FN3O4. The minimum Gasteiger partial charge on any atom is -0.445 e. The summed E-state index contributed by atoms with van der Waals surface area (Å²) >= 11 is 0. The molecule has 0 saturated heterocycles. The van der Waals surface area contributed by atoms with Gasteiger partial charge in [0.25, 0.3) is 0 Å². The average molecular weight is 452 g/mol. The SMILES string of the molecule is CN(CCC(F)CN(C)C1CC[C@H](NC(=O)OCc2ccccc2)C1)C(=O)OC(C)(C)C. The van der Waals surface area contributed by atoms with Crippen LogP contribution < -0.4 is 5.32 Å². The molecule has 0 aliphatic heterocycles. The van der Waals surface area contributed by atoms with Crippen molar-refractivity contribution in [2.45, 2.75) is 76.9 Å². The summed E-state index contributed by atoms with van der Waals surface area (Å²) < 4.78 is 25.1. The molecule has 2 rings (SSSR count). The average Bonchev–Trinajstić information content (AvgIpc) is 3.18. The minimum absolute atomic E-state index is 0.0297. The molecule has 0 bridgehead atoms. The summed E-state index contributed by atoms with van der Waals surface area (Å²) in [6, 6.07) is 9.78. The lowest BCUT2D eigenvalue weighted by atomic mass is 10.2. The van der Waals surface area contributed by atoms with E-state index in [1.54, 1.807) is 27.8 Å². The van der Waals surface area contributed by atoms with E-state index in [1.165, 1.54) is 4.90 Å². The van der Waals surface area contributed by atoms with Crippen molar-refractivity contribution in [2.24, 2.45) is 0 Å². The van der Waals surface area contributed by atoms with Gasteiger partial charge in [-0.15, -0.1) is 0 Å². The van der Waals surface area contributed by atoms with Crippen molar-refractivity contribution in [3.63, 3.8) is 0 Å². The molecule has 0 radical (unpaired) electrons. The van der Waals surface area contributed by atoms with Crippen molar-refractivity contribution in [2.75, 3.05) is 27.2 Å². The van der Waals surface area contributed by atoms with Crippen molar-refractivity contribution >= 4 is 12.2 Å². The summed E-state index contributed by atoms with van der Waals surface area (Å²) in [4.78, 5) is 27.5. The predicted octanol–water partition coefficient (Wildman–Crippen LogP) is 4.36. The Morgan fingerprint density at radius 1 is 1.19 bits per heavy atom. The molecule has 2 amide bonds. The summed E-state index contributed by atoms with van der Waals surface area (Å²) in [7, 11) is 3.53. The molecule has 3 atom stereocenters. The van der Waals surface area contributed by atoms with Gasteiger partial charge >= 0.3 is 12.2 Å². The topological polar surface area (TPSA) is 71.1 Å². The van der Waals surface area contributed by atoms with E-state index in [9.17, 15) is 14.0 Å². The van der Waals surface area contributed by atoms with Crippen molar-refractivity contribution in [1.82, 2.24) is 15.1 Å². The Labute approximate surface area is 191 Å². The van der Waals surface area contributed by atoms with Crippen LogP contribution in [-0.2, 0) is 16.1 Å². The summed E-state index contributed by atoms with van der Waals surface area (Å²) in [5, 5.41) is 2.92. The number of benzene rings is 1. The third-order valence-corrected chi connectivity index (χ3v) is 5.53. The van der Waals surface area contributed by atoms with Gasteiger partial charge < -0.3 is 24.6 Å². The number of alkyl carbamates (subject to hydrolysis) is 1. The number of carbonyl (C=O) groups is 2. The van der Waals surface area contributed by atoms with Gasteiger partial charge in [-0.05, 0) is 59.1 Å². The number of hydrogen-bond donors (Lipinski definition) is 1. The summed E-state index contributed by atoms with van der Waals surface area (Å²) in [5.41, 5.74) is 0.375. The molecule has 1 aromatic carbocycles. The van der Waals surface area contributed by atoms with Crippen LogP contribution in [0, 0.1) is 0 Å². The second-order valence-corrected chi connectivity index (χ2v) is 9.60. The number of hydrogen-bond acceptors (Lipinski definition) is 5. The van der Waals surface area contributed by atoms with Gasteiger partial charge in [-0.2, -0.15) is 0 Å². The van der Waals surface area contributed by atoms with Gasteiger partial charge in [0.2, 0.25) is 0 Å². The fraction of sp³-hybridized carbons (Fsp3) is 0.667. The van der Waals surface area contributed by atoms with Crippen LogP contribution in [0.15, 0.2) is 30.3 Å². The molecule has 1 fully saturated rings. The van der Waals surface area contributed by atoms with Crippen molar-refractivity contribution in [1.29, 1.82) is 0 Å². The highest BCUT2D eigenvalue weighted by atomic mass is 19.1. The lowest BCUT2D eigenvalue weighted by molar-refractivity contribution is 0.0282. The minimum atomic E-state index is -1.05. The van der Waals surface area contributed by atoms with Crippen LogP contribution in [-0.4, -0.2) is 73.0 Å². The number of nitrogens with zero attached hydrogens (tertiary/aromatic N) is 2. The lowest BCUT2D eigenvalue weighted by Crippen LogP contribution is -2.39. The molecule has 1 N–H and O–H groups in total. The molecule has 0 heterocycles. The van der Waals surface area contributed by atoms with Gasteiger partial charge in [-0.25, -0.2) is 14.0 Å². The first-order valence-electron chi connectivity index (χ1n) is 11.3. The number of rotatable bonds is 9. The molecule has 1 saturated carbocycles. The smallest absolute Gasteiger partial charge is 0.410 e. The molecule has 8 heteroatoms. The van der Waals surface area contributed by atoms with Crippen molar-refractivity contribution in [3.05, 3.63) is 35.9 Å². The number of alkyl halides is 1. The molecule has 180 valence electrons. The second-order valence-electron chi connectivity index (χ2n) is 9.60. The zero-order valence-corrected chi connectivity index (χ0v) is 20.0. The first-order valence-corrected chi connectivity index (χ1v) is 11.3. The number of amides is 2.